The molecular weight excluding hydrogens is 282 g/mol. The van der Waals surface area contributed by atoms with Gasteiger partial charge >= 0.3 is 0 Å². The molecule has 1 aromatic rings. The molecule has 1 aromatic carbocycles. The summed E-state index contributed by atoms with van der Waals surface area (Å²) in [6.07, 6.45) is 0.928. The van der Waals surface area contributed by atoms with E-state index in [9.17, 15) is 4.79 Å². The van der Waals surface area contributed by atoms with Crippen LogP contribution in [0.1, 0.15) is 59.4 Å². The van der Waals surface area contributed by atoms with Gasteiger partial charge in [0, 0.05) is 23.0 Å². The fourth-order valence-electron chi connectivity index (χ4n) is 3.13. The number of hydrogen-bond acceptors (Lipinski definition) is 1. The van der Waals surface area contributed by atoms with E-state index in [1.807, 2.05) is 30.0 Å². The Balaban J connectivity index is 3.02. The Morgan fingerprint density at radius 1 is 1.14 bits per heavy atom. The van der Waals surface area contributed by atoms with Crippen LogP contribution < -0.4 is 0 Å². The summed E-state index contributed by atoms with van der Waals surface area (Å²) in [5.41, 5.74) is 1.15. The second-order valence-electron chi connectivity index (χ2n) is 6.29. The van der Waals surface area contributed by atoms with E-state index in [1.165, 1.54) is 0 Å². The third kappa shape index (κ3) is 4.47. The van der Waals surface area contributed by atoms with Crippen molar-refractivity contribution >= 4 is 17.5 Å². The van der Waals surface area contributed by atoms with Crippen LogP contribution in [0.5, 0.6) is 0 Å². The van der Waals surface area contributed by atoms with E-state index in [0.29, 0.717) is 0 Å². The van der Waals surface area contributed by atoms with Crippen molar-refractivity contribution in [2.24, 2.45) is 5.92 Å². The minimum atomic E-state index is -0.0433. The summed E-state index contributed by atoms with van der Waals surface area (Å²) in [4.78, 5) is 14.9. The smallest absolute Gasteiger partial charge is 0.226 e. The molecule has 21 heavy (non-hydrogen) atoms. The second-order valence-corrected chi connectivity index (χ2v) is 6.73. The Bertz CT molecular complexity index is 462. The highest BCUT2D eigenvalue weighted by atomic mass is 35.5. The maximum absolute atomic E-state index is 12.9. The molecule has 0 N–H and O–H groups in total. The Kier molecular flexibility index (Phi) is 6.73. The van der Waals surface area contributed by atoms with E-state index >= 15 is 0 Å². The molecule has 118 valence electrons. The third-order valence-electron chi connectivity index (χ3n) is 4.08. The molecule has 0 radical (unpaired) electrons. The first kappa shape index (κ1) is 18.0. The predicted molar refractivity (Wildman–Crippen MR) is 90.8 cm³/mol. The van der Waals surface area contributed by atoms with Crippen molar-refractivity contribution in [1.82, 2.24) is 4.90 Å². The van der Waals surface area contributed by atoms with Crippen LogP contribution in [0.3, 0.4) is 0 Å². The molecule has 0 fully saturated rings. The zero-order valence-corrected chi connectivity index (χ0v) is 14.8. The van der Waals surface area contributed by atoms with E-state index in [-0.39, 0.29) is 29.8 Å². The number of halogens is 1. The van der Waals surface area contributed by atoms with Crippen LogP contribution in [0, 0.1) is 5.92 Å². The lowest BCUT2D eigenvalue weighted by Crippen LogP contribution is -2.45. The maximum atomic E-state index is 12.9. The fourth-order valence-corrected chi connectivity index (χ4v) is 3.33. The first-order chi connectivity index (χ1) is 9.79. The van der Waals surface area contributed by atoms with Gasteiger partial charge in [0.05, 0.1) is 0 Å². The van der Waals surface area contributed by atoms with Gasteiger partial charge in [0.2, 0.25) is 5.91 Å². The third-order valence-corrected chi connectivity index (χ3v) is 4.31. The molecule has 2 nitrogen and oxygen atoms in total. The van der Waals surface area contributed by atoms with E-state index in [4.69, 9.17) is 11.6 Å². The monoisotopic (exact) mass is 309 g/mol. The highest BCUT2D eigenvalue weighted by Crippen LogP contribution is 2.31. The molecule has 0 spiro atoms. The van der Waals surface area contributed by atoms with Crippen LogP contribution in [0.4, 0.5) is 0 Å². The van der Waals surface area contributed by atoms with Crippen molar-refractivity contribution < 1.29 is 4.79 Å². The zero-order chi connectivity index (χ0) is 16.2. The summed E-state index contributed by atoms with van der Waals surface area (Å²) in [6.45, 7) is 12.5. The summed E-state index contributed by atoms with van der Waals surface area (Å²) in [7, 11) is 0. The van der Waals surface area contributed by atoms with E-state index in [1.54, 1.807) is 0 Å². The predicted octanol–water partition coefficient (Wildman–Crippen LogP) is 5.12. The minimum absolute atomic E-state index is 0.0433. The van der Waals surface area contributed by atoms with Gasteiger partial charge in [0.25, 0.3) is 0 Å². The number of carbonyl (C=O) groups excluding carboxylic acids is 1. The van der Waals surface area contributed by atoms with E-state index in [2.05, 4.69) is 40.7 Å². The van der Waals surface area contributed by atoms with Gasteiger partial charge in [-0.3, -0.25) is 4.79 Å². The molecule has 1 amide bonds. The quantitative estimate of drug-likeness (QED) is 0.714. The second kappa shape index (κ2) is 7.84. The SMILES string of the molecule is CCC(c1cccc(Cl)c1)C(C)C(=O)N(C(C)C)C(C)C. The van der Waals surface area contributed by atoms with Gasteiger partial charge in [-0.25, -0.2) is 0 Å². The van der Waals surface area contributed by atoms with Crippen molar-refractivity contribution in [2.45, 2.75) is 66.0 Å². The lowest BCUT2D eigenvalue weighted by Gasteiger charge is -2.35. The molecule has 0 aliphatic heterocycles. The molecule has 0 saturated carbocycles. The van der Waals surface area contributed by atoms with Gasteiger partial charge < -0.3 is 4.90 Å². The first-order valence-corrected chi connectivity index (χ1v) is 8.25. The van der Waals surface area contributed by atoms with Crippen molar-refractivity contribution in [2.75, 3.05) is 0 Å². The van der Waals surface area contributed by atoms with Gasteiger partial charge in [0.15, 0.2) is 0 Å². The van der Waals surface area contributed by atoms with Crippen LogP contribution in [0.15, 0.2) is 24.3 Å². The van der Waals surface area contributed by atoms with Gasteiger partial charge in [-0.1, -0.05) is 37.6 Å². The number of hydrogen-bond donors (Lipinski definition) is 0. The number of benzene rings is 1. The molecule has 0 aliphatic carbocycles. The van der Waals surface area contributed by atoms with Crippen LogP contribution in [0.2, 0.25) is 5.02 Å². The molecule has 3 heteroatoms. The van der Waals surface area contributed by atoms with Gasteiger partial charge in [0.1, 0.15) is 0 Å². The highest BCUT2D eigenvalue weighted by Gasteiger charge is 2.30. The Hall–Kier alpha value is -1.02. The summed E-state index contributed by atoms with van der Waals surface area (Å²) in [5, 5.41) is 0.732. The van der Waals surface area contributed by atoms with Crippen molar-refractivity contribution in [1.29, 1.82) is 0 Å². The van der Waals surface area contributed by atoms with E-state index in [0.717, 1.165) is 17.0 Å². The normalized spacial score (nSPS) is 14.3. The average molecular weight is 310 g/mol. The summed E-state index contributed by atoms with van der Waals surface area (Å²) >= 11 is 6.10. The largest absolute Gasteiger partial charge is 0.338 e. The summed E-state index contributed by atoms with van der Waals surface area (Å²) in [6, 6.07) is 8.32. The topological polar surface area (TPSA) is 20.3 Å². The number of carbonyl (C=O) groups is 1. The summed E-state index contributed by atoms with van der Waals surface area (Å²) in [5.74, 6) is 0.390. The van der Waals surface area contributed by atoms with E-state index < -0.39 is 0 Å². The zero-order valence-electron chi connectivity index (χ0n) is 14.1. The lowest BCUT2D eigenvalue weighted by molar-refractivity contribution is -0.139. The molecule has 1 rings (SSSR count). The standard InChI is InChI=1S/C18H28ClNO/c1-7-17(15-9-8-10-16(19)11-15)14(6)18(21)20(12(2)3)13(4)5/h8-14,17H,7H2,1-6H3. The molecule has 0 bridgehead atoms. The molecule has 0 saturated heterocycles. The van der Waals surface area contributed by atoms with Crippen molar-refractivity contribution in [3.63, 3.8) is 0 Å². The highest BCUT2D eigenvalue weighted by molar-refractivity contribution is 6.30. The summed E-state index contributed by atoms with van der Waals surface area (Å²) < 4.78 is 0. The maximum Gasteiger partial charge on any atom is 0.226 e. The molecular formula is C18H28ClNO. The van der Waals surface area contributed by atoms with Gasteiger partial charge in [-0.15, -0.1) is 0 Å². The molecule has 2 atom stereocenters. The minimum Gasteiger partial charge on any atom is -0.338 e. The van der Waals surface area contributed by atoms with Crippen LogP contribution in [-0.4, -0.2) is 22.9 Å². The Morgan fingerprint density at radius 3 is 2.14 bits per heavy atom. The first-order valence-electron chi connectivity index (χ1n) is 7.87. The Labute approximate surface area is 134 Å². The van der Waals surface area contributed by atoms with Crippen LogP contribution in [0.25, 0.3) is 0 Å². The average Bonchev–Trinajstić information content (AvgIpc) is 2.38. The van der Waals surface area contributed by atoms with Crippen LogP contribution in [-0.2, 0) is 4.79 Å². The Morgan fingerprint density at radius 2 is 1.71 bits per heavy atom. The molecule has 2 unspecified atom stereocenters. The molecule has 0 heterocycles. The molecule has 0 aliphatic rings. The van der Waals surface area contributed by atoms with Crippen molar-refractivity contribution in [3.05, 3.63) is 34.9 Å². The van der Waals surface area contributed by atoms with Crippen LogP contribution >= 0.6 is 11.6 Å². The number of nitrogens with zero attached hydrogens (tertiary/aromatic N) is 1. The number of rotatable bonds is 6. The van der Waals surface area contributed by atoms with Gasteiger partial charge in [-0.05, 0) is 57.7 Å². The van der Waals surface area contributed by atoms with Gasteiger partial charge in [-0.2, -0.15) is 0 Å². The fraction of sp³-hybridized carbons (Fsp3) is 0.611. The lowest BCUT2D eigenvalue weighted by atomic mass is 9.84. The number of amides is 1. The van der Waals surface area contributed by atoms with Crippen molar-refractivity contribution in [3.8, 4) is 0 Å². The molecule has 0 aromatic heterocycles.